The average Bonchev–Trinajstić information content (AvgIpc) is 2.42. The summed E-state index contributed by atoms with van der Waals surface area (Å²) in [6.45, 7) is 4.25. The summed E-state index contributed by atoms with van der Waals surface area (Å²) in [5, 5.41) is 10.9. The summed E-state index contributed by atoms with van der Waals surface area (Å²) in [6, 6.07) is 2.80. The molecule has 0 spiro atoms. The summed E-state index contributed by atoms with van der Waals surface area (Å²) >= 11 is 0. The minimum absolute atomic E-state index is 0.258. The first-order valence-electron chi connectivity index (χ1n) is 7.03. The SMILES string of the molecule is CC1CCC(OC(=O)c2cc(F)ccc2[N+](=O)[O-])CC1C. The molecule has 0 amide bonds. The fourth-order valence-corrected chi connectivity index (χ4v) is 2.65. The summed E-state index contributed by atoms with van der Waals surface area (Å²) in [5.41, 5.74) is -0.759. The standard InChI is InChI=1S/C15H18FNO4/c1-9-3-5-12(7-10(9)2)21-15(18)13-8-11(16)4-6-14(13)17(19)20/h4,6,8-10,12H,3,5,7H2,1-2H3. The first kappa shape index (κ1) is 15.4. The second kappa shape index (κ2) is 6.20. The molecule has 1 aromatic carbocycles. The van der Waals surface area contributed by atoms with Gasteiger partial charge in [-0.25, -0.2) is 9.18 Å². The highest BCUT2D eigenvalue weighted by Gasteiger charge is 2.29. The van der Waals surface area contributed by atoms with Crippen LogP contribution in [0.3, 0.4) is 0 Å². The van der Waals surface area contributed by atoms with E-state index in [9.17, 15) is 19.3 Å². The normalized spacial score (nSPS) is 25.4. The van der Waals surface area contributed by atoms with Gasteiger partial charge in [0, 0.05) is 6.07 Å². The first-order chi connectivity index (χ1) is 9.88. The van der Waals surface area contributed by atoms with Gasteiger partial charge in [0.1, 0.15) is 17.5 Å². The number of hydrogen-bond donors (Lipinski definition) is 0. The number of nitro groups is 1. The van der Waals surface area contributed by atoms with Crippen molar-refractivity contribution in [3.05, 3.63) is 39.7 Å². The zero-order valence-electron chi connectivity index (χ0n) is 12.0. The largest absolute Gasteiger partial charge is 0.459 e. The molecule has 21 heavy (non-hydrogen) atoms. The molecule has 0 aromatic heterocycles. The monoisotopic (exact) mass is 295 g/mol. The van der Waals surface area contributed by atoms with Crippen LogP contribution in [0.25, 0.3) is 0 Å². The van der Waals surface area contributed by atoms with Gasteiger partial charge in [0.15, 0.2) is 0 Å². The molecule has 1 fully saturated rings. The molecule has 3 atom stereocenters. The molecule has 1 aliphatic carbocycles. The molecule has 0 saturated heterocycles. The average molecular weight is 295 g/mol. The van der Waals surface area contributed by atoms with Crippen molar-refractivity contribution in [2.75, 3.05) is 0 Å². The van der Waals surface area contributed by atoms with Crippen LogP contribution in [0.5, 0.6) is 0 Å². The molecule has 0 bridgehead atoms. The Labute approximate surface area is 122 Å². The Kier molecular flexibility index (Phi) is 4.55. The highest BCUT2D eigenvalue weighted by Crippen LogP contribution is 2.32. The van der Waals surface area contributed by atoms with Crippen molar-refractivity contribution < 1.29 is 18.8 Å². The molecule has 114 valence electrons. The van der Waals surface area contributed by atoms with E-state index >= 15 is 0 Å². The van der Waals surface area contributed by atoms with Gasteiger partial charge in [-0.1, -0.05) is 13.8 Å². The van der Waals surface area contributed by atoms with Gasteiger partial charge in [-0.2, -0.15) is 0 Å². The molecular formula is C15H18FNO4. The van der Waals surface area contributed by atoms with E-state index in [0.717, 1.165) is 37.5 Å². The van der Waals surface area contributed by atoms with Crippen LogP contribution in [0.1, 0.15) is 43.5 Å². The van der Waals surface area contributed by atoms with Crippen LogP contribution in [-0.4, -0.2) is 17.0 Å². The number of carbonyl (C=O) groups is 1. The minimum Gasteiger partial charge on any atom is -0.459 e. The van der Waals surface area contributed by atoms with Gasteiger partial charge in [-0.15, -0.1) is 0 Å². The van der Waals surface area contributed by atoms with Gasteiger partial charge >= 0.3 is 5.97 Å². The van der Waals surface area contributed by atoms with Gasteiger partial charge in [0.25, 0.3) is 5.69 Å². The number of carbonyl (C=O) groups excluding carboxylic acids is 1. The number of hydrogen-bond acceptors (Lipinski definition) is 4. The van der Waals surface area contributed by atoms with Crippen molar-refractivity contribution >= 4 is 11.7 Å². The molecule has 1 saturated carbocycles. The first-order valence-corrected chi connectivity index (χ1v) is 7.03. The second-order valence-corrected chi connectivity index (χ2v) is 5.71. The Bertz CT molecular complexity index is 561. The van der Waals surface area contributed by atoms with E-state index in [1.165, 1.54) is 0 Å². The van der Waals surface area contributed by atoms with E-state index < -0.39 is 22.4 Å². The number of esters is 1. The van der Waals surface area contributed by atoms with E-state index in [4.69, 9.17) is 4.74 Å². The molecule has 0 N–H and O–H groups in total. The van der Waals surface area contributed by atoms with Crippen molar-refractivity contribution in [1.82, 2.24) is 0 Å². The van der Waals surface area contributed by atoms with Gasteiger partial charge < -0.3 is 4.74 Å². The van der Waals surface area contributed by atoms with Crippen LogP contribution < -0.4 is 0 Å². The third kappa shape index (κ3) is 3.56. The molecule has 0 aliphatic heterocycles. The maximum atomic E-state index is 13.2. The van der Waals surface area contributed by atoms with Crippen LogP contribution in [0.4, 0.5) is 10.1 Å². The number of benzene rings is 1. The number of ether oxygens (including phenoxy) is 1. The Balaban J connectivity index is 2.13. The number of nitro benzene ring substituents is 1. The van der Waals surface area contributed by atoms with Crippen LogP contribution in [0.2, 0.25) is 0 Å². The zero-order chi connectivity index (χ0) is 15.6. The van der Waals surface area contributed by atoms with Crippen LogP contribution >= 0.6 is 0 Å². The smallest absolute Gasteiger partial charge is 0.345 e. The lowest BCUT2D eigenvalue weighted by Crippen LogP contribution is -2.29. The molecule has 0 heterocycles. The van der Waals surface area contributed by atoms with Crippen LogP contribution in [0.15, 0.2) is 18.2 Å². The molecule has 0 radical (unpaired) electrons. The topological polar surface area (TPSA) is 69.4 Å². The molecule has 1 aliphatic rings. The fraction of sp³-hybridized carbons (Fsp3) is 0.533. The van der Waals surface area contributed by atoms with Gasteiger partial charge in [-0.3, -0.25) is 10.1 Å². The molecule has 6 heteroatoms. The van der Waals surface area contributed by atoms with E-state index in [1.54, 1.807) is 0 Å². The molecule has 5 nitrogen and oxygen atoms in total. The fourth-order valence-electron chi connectivity index (χ4n) is 2.65. The minimum atomic E-state index is -0.826. The van der Waals surface area contributed by atoms with Gasteiger partial charge in [0.05, 0.1) is 4.92 Å². The van der Waals surface area contributed by atoms with Crippen molar-refractivity contribution in [3.8, 4) is 0 Å². The van der Waals surface area contributed by atoms with E-state index in [2.05, 4.69) is 13.8 Å². The lowest BCUT2D eigenvalue weighted by molar-refractivity contribution is -0.385. The van der Waals surface area contributed by atoms with Crippen molar-refractivity contribution in [3.63, 3.8) is 0 Å². The second-order valence-electron chi connectivity index (χ2n) is 5.71. The summed E-state index contributed by atoms with van der Waals surface area (Å²) in [7, 11) is 0. The summed E-state index contributed by atoms with van der Waals surface area (Å²) in [5.74, 6) is -0.520. The zero-order valence-corrected chi connectivity index (χ0v) is 12.0. The predicted molar refractivity (Wildman–Crippen MR) is 74.4 cm³/mol. The Morgan fingerprint density at radius 2 is 2.05 bits per heavy atom. The number of nitrogens with zero attached hydrogens (tertiary/aromatic N) is 1. The van der Waals surface area contributed by atoms with E-state index in [1.807, 2.05) is 0 Å². The van der Waals surface area contributed by atoms with Crippen molar-refractivity contribution in [2.45, 2.75) is 39.2 Å². The highest BCUT2D eigenvalue weighted by molar-refractivity contribution is 5.94. The number of halogens is 1. The van der Waals surface area contributed by atoms with Gasteiger partial charge in [-0.05, 0) is 43.2 Å². The maximum Gasteiger partial charge on any atom is 0.345 e. The van der Waals surface area contributed by atoms with E-state index in [0.29, 0.717) is 11.8 Å². The van der Waals surface area contributed by atoms with Crippen molar-refractivity contribution in [2.24, 2.45) is 11.8 Å². The lowest BCUT2D eigenvalue weighted by Gasteiger charge is -2.31. The van der Waals surface area contributed by atoms with Gasteiger partial charge in [0.2, 0.25) is 0 Å². The lowest BCUT2D eigenvalue weighted by atomic mass is 9.80. The van der Waals surface area contributed by atoms with Crippen molar-refractivity contribution in [1.29, 1.82) is 0 Å². The third-order valence-electron chi connectivity index (χ3n) is 4.20. The summed E-state index contributed by atoms with van der Waals surface area (Å²) < 4.78 is 18.6. The third-order valence-corrected chi connectivity index (χ3v) is 4.20. The Morgan fingerprint density at radius 1 is 1.33 bits per heavy atom. The molecule has 1 aromatic rings. The predicted octanol–water partition coefficient (Wildman–Crippen LogP) is 3.72. The quantitative estimate of drug-likeness (QED) is 0.484. The van der Waals surface area contributed by atoms with E-state index in [-0.39, 0.29) is 11.7 Å². The van der Waals surface area contributed by atoms with Crippen LogP contribution in [-0.2, 0) is 4.74 Å². The molecular weight excluding hydrogens is 277 g/mol. The summed E-state index contributed by atoms with van der Waals surface area (Å²) in [4.78, 5) is 22.3. The highest BCUT2D eigenvalue weighted by atomic mass is 19.1. The number of rotatable bonds is 3. The van der Waals surface area contributed by atoms with Crippen LogP contribution in [0, 0.1) is 27.8 Å². The molecule has 2 rings (SSSR count). The Morgan fingerprint density at radius 3 is 2.67 bits per heavy atom. The molecule has 3 unspecified atom stereocenters. The summed E-state index contributed by atoms with van der Waals surface area (Å²) in [6.07, 6.45) is 2.16. The maximum absolute atomic E-state index is 13.2. The Hall–Kier alpha value is -1.98.